The van der Waals surface area contributed by atoms with E-state index in [0.29, 0.717) is 18.4 Å². The van der Waals surface area contributed by atoms with E-state index in [0.717, 1.165) is 25.5 Å². The number of amides is 1. The molecule has 1 aromatic carbocycles. The Bertz CT molecular complexity index is 731. The first-order chi connectivity index (χ1) is 9.97. The molecular weight excluding hydrogens is 350 g/mol. The summed E-state index contributed by atoms with van der Waals surface area (Å²) in [6.07, 6.45) is 1.21. The number of fused-ring (bicyclic) bond motifs is 1. The molecule has 0 saturated heterocycles. The second kappa shape index (κ2) is 5.39. The van der Waals surface area contributed by atoms with Crippen LogP contribution in [0.15, 0.2) is 28.1 Å². The van der Waals surface area contributed by atoms with Crippen molar-refractivity contribution in [1.82, 2.24) is 0 Å². The number of carbonyl (C=O) groups excluding carboxylic acids is 2. The van der Waals surface area contributed by atoms with Gasteiger partial charge >= 0.3 is 0 Å². The fourth-order valence-electron chi connectivity index (χ4n) is 2.51. The van der Waals surface area contributed by atoms with Crippen LogP contribution in [0.3, 0.4) is 0 Å². The van der Waals surface area contributed by atoms with E-state index in [1.54, 1.807) is 18.0 Å². The Balaban J connectivity index is 1.97. The third kappa shape index (κ3) is 2.56. The van der Waals surface area contributed by atoms with Gasteiger partial charge in [0.25, 0.3) is 0 Å². The Morgan fingerprint density at radius 1 is 1.29 bits per heavy atom. The molecule has 0 saturated carbocycles. The number of halogens is 1. The first-order valence-electron chi connectivity index (χ1n) is 6.67. The monoisotopic (exact) mass is 363 g/mol. The number of hydrogen-bond acceptors (Lipinski definition) is 3. The Labute approximate surface area is 135 Å². The lowest BCUT2D eigenvalue weighted by Gasteiger charge is -2.25. The van der Waals surface area contributed by atoms with Gasteiger partial charge in [-0.05, 0) is 64.7 Å². The Morgan fingerprint density at radius 3 is 2.71 bits per heavy atom. The molecule has 0 spiro atoms. The normalized spacial score (nSPS) is 14.2. The number of nitrogens with zero attached hydrogens (tertiary/aromatic N) is 1. The Morgan fingerprint density at radius 2 is 2.05 bits per heavy atom. The van der Waals surface area contributed by atoms with Crippen molar-refractivity contribution in [3.63, 3.8) is 0 Å². The topological polar surface area (TPSA) is 37.4 Å². The molecule has 0 N–H and O–H groups in total. The van der Waals surface area contributed by atoms with Gasteiger partial charge in [0.1, 0.15) is 0 Å². The van der Waals surface area contributed by atoms with Crippen LogP contribution in [-0.4, -0.2) is 18.7 Å². The summed E-state index contributed by atoms with van der Waals surface area (Å²) in [5.41, 5.74) is 3.73. The maximum absolute atomic E-state index is 12.6. The SMILES string of the molecule is Cc1cc(C(=O)c2ccc3c(c2)CCC(=O)N3C)sc1Br. The van der Waals surface area contributed by atoms with Crippen LogP contribution < -0.4 is 4.90 Å². The minimum absolute atomic E-state index is 0.0381. The number of ketones is 1. The number of anilines is 1. The lowest BCUT2D eigenvalue weighted by Crippen LogP contribution is -2.31. The number of benzene rings is 1. The van der Waals surface area contributed by atoms with Crippen molar-refractivity contribution in [2.24, 2.45) is 0 Å². The molecule has 5 heteroatoms. The fraction of sp³-hybridized carbons (Fsp3) is 0.250. The first-order valence-corrected chi connectivity index (χ1v) is 8.28. The summed E-state index contributed by atoms with van der Waals surface area (Å²) in [6, 6.07) is 7.50. The number of hydrogen-bond donors (Lipinski definition) is 0. The van der Waals surface area contributed by atoms with Crippen molar-refractivity contribution < 1.29 is 9.59 Å². The van der Waals surface area contributed by atoms with Crippen LogP contribution in [0.4, 0.5) is 5.69 Å². The number of aryl methyl sites for hydroxylation is 2. The Kier molecular flexibility index (Phi) is 3.71. The van der Waals surface area contributed by atoms with Gasteiger partial charge in [0.05, 0.1) is 8.66 Å². The standard InChI is InChI=1S/C16H14BrNO2S/c1-9-7-13(21-16(9)17)15(20)11-3-5-12-10(8-11)4-6-14(19)18(12)2/h3,5,7-8H,4,6H2,1-2H3. The molecule has 0 fully saturated rings. The molecule has 21 heavy (non-hydrogen) atoms. The molecule has 0 unspecified atom stereocenters. The highest BCUT2D eigenvalue weighted by Gasteiger charge is 2.22. The number of carbonyl (C=O) groups is 2. The molecule has 1 aliphatic rings. The smallest absolute Gasteiger partial charge is 0.227 e. The van der Waals surface area contributed by atoms with Gasteiger partial charge in [-0.1, -0.05) is 0 Å². The molecule has 0 aliphatic carbocycles. The molecule has 2 aromatic rings. The molecule has 3 nitrogen and oxygen atoms in total. The van der Waals surface area contributed by atoms with Crippen molar-refractivity contribution in [3.05, 3.63) is 49.6 Å². The predicted octanol–water partition coefficient (Wildman–Crippen LogP) is 3.96. The summed E-state index contributed by atoms with van der Waals surface area (Å²) in [5, 5.41) is 0. The summed E-state index contributed by atoms with van der Waals surface area (Å²) in [7, 11) is 1.78. The average Bonchev–Trinajstić information content (AvgIpc) is 2.81. The van der Waals surface area contributed by atoms with Gasteiger partial charge in [-0.3, -0.25) is 9.59 Å². The van der Waals surface area contributed by atoms with E-state index in [1.807, 2.05) is 25.1 Å². The van der Waals surface area contributed by atoms with E-state index in [9.17, 15) is 9.59 Å². The summed E-state index contributed by atoms with van der Waals surface area (Å²) >= 11 is 4.91. The average molecular weight is 364 g/mol. The van der Waals surface area contributed by atoms with Crippen molar-refractivity contribution in [2.45, 2.75) is 19.8 Å². The van der Waals surface area contributed by atoms with Gasteiger partial charge in [0.2, 0.25) is 11.7 Å². The zero-order valence-electron chi connectivity index (χ0n) is 11.8. The highest BCUT2D eigenvalue weighted by molar-refractivity contribution is 9.11. The molecule has 2 heterocycles. The summed E-state index contributed by atoms with van der Waals surface area (Å²) < 4.78 is 0.995. The quantitative estimate of drug-likeness (QED) is 0.757. The van der Waals surface area contributed by atoms with E-state index in [2.05, 4.69) is 15.9 Å². The van der Waals surface area contributed by atoms with Gasteiger partial charge in [-0.15, -0.1) is 11.3 Å². The maximum atomic E-state index is 12.6. The second-order valence-corrected chi connectivity index (χ2v) is 7.56. The lowest BCUT2D eigenvalue weighted by atomic mass is 9.97. The van der Waals surface area contributed by atoms with E-state index < -0.39 is 0 Å². The molecule has 1 aromatic heterocycles. The van der Waals surface area contributed by atoms with Crippen LogP contribution in [0.25, 0.3) is 0 Å². The van der Waals surface area contributed by atoms with Gasteiger partial charge in [0, 0.05) is 24.7 Å². The fourth-order valence-corrected chi connectivity index (χ4v) is 4.01. The zero-order valence-corrected chi connectivity index (χ0v) is 14.2. The van der Waals surface area contributed by atoms with Crippen LogP contribution in [0.5, 0.6) is 0 Å². The van der Waals surface area contributed by atoms with E-state index in [-0.39, 0.29) is 11.7 Å². The third-order valence-corrected chi connectivity index (χ3v) is 5.90. The number of rotatable bonds is 2. The molecule has 0 bridgehead atoms. The van der Waals surface area contributed by atoms with Crippen LogP contribution in [-0.2, 0) is 11.2 Å². The third-order valence-electron chi connectivity index (χ3n) is 3.77. The van der Waals surface area contributed by atoms with E-state index >= 15 is 0 Å². The predicted molar refractivity (Wildman–Crippen MR) is 88.4 cm³/mol. The first kappa shape index (κ1) is 14.5. The van der Waals surface area contributed by atoms with Gasteiger partial charge in [-0.2, -0.15) is 0 Å². The van der Waals surface area contributed by atoms with E-state index in [1.165, 1.54) is 11.3 Å². The van der Waals surface area contributed by atoms with Gasteiger partial charge < -0.3 is 4.90 Å². The second-order valence-electron chi connectivity index (χ2n) is 5.19. The number of thiophene rings is 1. The zero-order chi connectivity index (χ0) is 15.1. The highest BCUT2D eigenvalue weighted by Crippen LogP contribution is 2.31. The molecule has 1 amide bonds. The largest absolute Gasteiger partial charge is 0.315 e. The van der Waals surface area contributed by atoms with Crippen LogP contribution in [0.1, 0.15) is 32.8 Å². The lowest BCUT2D eigenvalue weighted by molar-refractivity contribution is -0.118. The van der Waals surface area contributed by atoms with Crippen molar-refractivity contribution >= 4 is 44.6 Å². The van der Waals surface area contributed by atoms with Gasteiger partial charge in [-0.25, -0.2) is 0 Å². The van der Waals surface area contributed by atoms with Crippen LogP contribution >= 0.6 is 27.3 Å². The van der Waals surface area contributed by atoms with Crippen molar-refractivity contribution in [2.75, 3.05) is 11.9 Å². The van der Waals surface area contributed by atoms with Crippen LogP contribution in [0, 0.1) is 6.92 Å². The van der Waals surface area contributed by atoms with Gasteiger partial charge in [0.15, 0.2) is 0 Å². The van der Waals surface area contributed by atoms with Crippen molar-refractivity contribution in [1.29, 1.82) is 0 Å². The maximum Gasteiger partial charge on any atom is 0.227 e. The van der Waals surface area contributed by atoms with E-state index in [4.69, 9.17) is 0 Å². The molecule has 1 aliphatic heterocycles. The molecule has 3 rings (SSSR count). The summed E-state index contributed by atoms with van der Waals surface area (Å²) in [5.74, 6) is 0.163. The van der Waals surface area contributed by atoms with Crippen LogP contribution in [0.2, 0.25) is 0 Å². The molecule has 108 valence electrons. The molecular formula is C16H14BrNO2S. The minimum Gasteiger partial charge on any atom is -0.315 e. The summed E-state index contributed by atoms with van der Waals surface area (Å²) in [4.78, 5) is 26.6. The minimum atomic E-state index is 0.0381. The Hall–Kier alpha value is -1.46. The molecule has 0 atom stereocenters. The van der Waals surface area contributed by atoms with Crippen molar-refractivity contribution in [3.8, 4) is 0 Å². The molecule has 0 radical (unpaired) electrons. The highest BCUT2D eigenvalue weighted by atomic mass is 79.9. The summed E-state index contributed by atoms with van der Waals surface area (Å²) in [6.45, 7) is 1.98.